The van der Waals surface area contributed by atoms with Crippen molar-refractivity contribution in [2.45, 2.75) is 50.3 Å². The van der Waals surface area contributed by atoms with Crippen LogP contribution in [0.2, 0.25) is 0 Å². The lowest BCUT2D eigenvalue weighted by atomic mass is 9.86. The van der Waals surface area contributed by atoms with E-state index in [-0.39, 0.29) is 11.8 Å². The van der Waals surface area contributed by atoms with Gasteiger partial charge < -0.3 is 9.47 Å². The number of nitrogens with zero attached hydrogens (tertiary/aromatic N) is 2. The molecule has 0 unspecified atom stereocenters. The SMILES string of the molecule is COc1ccc(C2=NN3[C@H](C2)c2cc(Br)ccc2OC32CCCCC2)cc1. The predicted octanol–water partition coefficient (Wildman–Crippen LogP) is 5.66. The van der Waals surface area contributed by atoms with Crippen molar-refractivity contribution >= 4 is 21.6 Å². The number of halogens is 1. The number of hydrogen-bond donors (Lipinski definition) is 0. The fraction of sp³-hybridized carbons (Fsp3) is 0.409. The average Bonchev–Trinajstić information content (AvgIpc) is 3.16. The Balaban J connectivity index is 1.57. The van der Waals surface area contributed by atoms with Crippen molar-refractivity contribution in [2.75, 3.05) is 7.11 Å². The minimum Gasteiger partial charge on any atom is -0.497 e. The highest BCUT2D eigenvalue weighted by molar-refractivity contribution is 9.10. The van der Waals surface area contributed by atoms with E-state index in [0.717, 1.165) is 46.5 Å². The fourth-order valence-corrected chi connectivity index (χ4v) is 5.02. The van der Waals surface area contributed by atoms with Crippen molar-refractivity contribution in [3.63, 3.8) is 0 Å². The molecule has 1 aliphatic carbocycles. The largest absolute Gasteiger partial charge is 0.497 e. The number of hydrogen-bond acceptors (Lipinski definition) is 4. The van der Waals surface area contributed by atoms with Gasteiger partial charge in [-0.2, -0.15) is 5.10 Å². The van der Waals surface area contributed by atoms with Crippen molar-refractivity contribution in [3.05, 3.63) is 58.1 Å². The Labute approximate surface area is 168 Å². The molecular formula is C22H23BrN2O2. The summed E-state index contributed by atoms with van der Waals surface area (Å²) in [5.41, 5.74) is 3.22. The van der Waals surface area contributed by atoms with E-state index < -0.39 is 0 Å². The lowest BCUT2D eigenvalue weighted by Crippen LogP contribution is -2.54. The summed E-state index contributed by atoms with van der Waals surface area (Å²) in [5, 5.41) is 7.39. The molecule has 0 aromatic heterocycles. The molecule has 5 heteroatoms. The molecule has 2 aliphatic heterocycles. The summed E-state index contributed by atoms with van der Waals surface area (Å²) < 4.78 is 13.0. The van der Waals surface area contributed by atoms with Crippen LogP contribution in [0.4, 0.5) is 0 Å². The van der Waals surface area contributed by atoms with Gasteiger partial charge in [-0.15, -0.1) is 0 Å². The molecule has 0 radical (unpaired) electrons. The van der Waals surface area contributed by atoms with Gasteiger partial charge in [0.05, 0.1) is 18.9 Å². The van der Waals surface area contributed by atoms with Crippen LogP contribution in [0.15, 0.2) is 52.0 Å². The molecule has 0 bridgehead atoms. The molecule has 2 aromatic carbocycles. The highest BCUT2D eigenvalue weighted by Gasteiger charge is 2.50. The maximum absolute atomic E-state index is 6.63. The fourth-order valence-electron chi connectivity index (χ4n) is 4.65. The molecular weight excluding hydrogens is 404 g/mol. The van der Waals surface area contributed by atoms with E-state index in [1.807, 2.05) is 12.1 Å². The molecule has 1 saturated carbocycles. The van der Waals surface area contributed by atoms with Crippen molar-refractivity contribution < 1.29 is 9.47 Å². The Kier molecular flexibility index (Phi) is 4.15. The molecule has 2 heterocycles. The van der Waals surface area contributed by atoms with E-state index in [4.69, 9.17) is 14.6 Å². The van der Waals surface area contributed by atoms with E-state index in [9.17, 15) is 0 Å². The maximum atomic E-state index is 6.63. The summed E-state index contributed by atoms with van der Waals surface area (Å²) in [4.78, 5) is 0. The quantitative estimate of drug-likeness (QED) is 0.620. The van der Waals surface area contributed by atoms with Gasteiger partial charge in [-0.3, -0.25) is 0 Å². The molecule has 0 amide bonds. The van der Waals surface area contributed by atoms with Crippen LogP contribution in [0.5, 0.6) is 11.5 Å². The number of fused-ring (bicyclic) bond motifs is 4. The first-order valence-corrected chi connectivity index (χ1v) is 10.5. The number of hydrazone groups is 1. The Bertz CT molecular complexity index is 888. The first-order chi connectivity index (χ1) is 13.2. The van der Waals surface area contributed by atoms with Crippen LogP contribution in [0.25, 0.3) is 0 Å². The minimum absolute atomic E-state index is 0.237. The Hall–Kier alpha value is -2.01. The monoisotopic (exact) mass is 426 g/mol. The second-order valence-corrected chi connectivity index (χ2v) is 8.55. The second kappa shape index (κ2) is 6.55. The molecule has 27 heavy (non-hydrogen) atoms. The second-order valence-electron chi connectivity index (χ2n) is 7.63. The summed E-state index contributed by atoms with van der Waals surface area (Å²) in [5.74, 6) is 1.89. The number of ether oxygens (including phenoxy) is 2. The summed E-state index contributed by atoms with van der Waals surface area (Å²) in [7, 11) is 1.70. The summed E-state index contributed by atoms with van der Waals surface area (Å²) in [6.07, 6.45) is 6.66. The van der Waals surface area contributed by atoms with Crippen molar-refractivity contribution in [2.24, 2.45) is 5.10 Å². The Morgan fingerprint density at radius 3 is 2.63 bits per heavy atom. The lowest BCUT2D eigenvalue weighted by Gasteiger charge is -2.49. The first-order valence-electron chi connectivity index (χ1n) is 9.68. The van der Waals surface area contributed by atoms with Crippen LogP contribution in [0.3, 0.4) is 0 Å². The predicted molar refractivity (Wildman–Crippen MR) is 109 cm³/mol. The number of benzene rings is 2. The molecule has 4 nitrogen and oxygen atoms in total. The third-order valence-corrected chi connectivity index (χ3v) is 6.51. The van der Waals surface area contributed by atoms with Crippen LogP contribution in [0.1, 0.15) is 55.7 Å². The van der Waals surface area contributed by atoms with E-state index in [2.05, 4.69) is 51.3 Å². The van der Waals surface area contributed by atoms with E-state index in [1.165, 1.54) is 24.8 Å². The standard InChI is InChI=1S/C22H23BrN2O2/c1-26-17-8-5-15(6-9-17)19-14-20-18-13-16(23)7-10-21(18)27-22(25(20)24-19)11-3-2-4-12-22/h5-10,13,20H,2-4,11-12,14H2,1H3/t20-/m1/s1. The topological polar surface area (TPSA) is 34.1 Å². The van der Waals surface area contributed by atoms with E-state index in [1.54, 1.807) is 7.11 Å². The highest BCUT2D eigenvalue weighted by atomic mass is 79.9. The zero-order chi connectivity index (χ0) is 18.4. The maximum Gasteiger partial charge on any atom is 0.198 e. The summed E-state index contributed by atoms with van der Waals surface area (Å²) in [6, 6.07) is 14.8. The highest BCUT2D eigenvalue weighted by Crippen LogP contribution is 2.51. The van der Waals surface area contributed by atoms with Gasteiger partial charge in [-0.1, -0.05) is 22.4 Å². The summed E-state index contributed by atoms with van der Waals surface area (Å²) in [6.45, 7) is 0. The van der Waals surface area contributed by atoms with Crippen molar-refractivity contribution in [3.8, 4) is 11.5 Å². The molecule has 5 rings (SSSR count). The van der Waals surface area contributed by atoms with Gasteiger partial charge >= 0.3 is 0 Å². The van der Waals surface area contributed by atoms with Gasteiger partial charge in [0.1, 0.15) is 11.5 Å². The third-order valence-electron chi connectivity index (χ3n) is 6.02. The van der Waals surface area contributed by atoms with Gasteiger partial charge in [-0.25, -0.2) is 5.01 Å². The first kappa shape index (κ1) is 17.1. The molecule has 1 atom stereocenters. The van der Waals surface area contributed by atoms with Crippen LogP contribution in [-0.2, 0) is 0 Å². The third kappa shape index (κ3) is 2.83. The molecule has 140 valence electrons. The minimum atomic E-state index is -0.294. The Morgan fingerprint density at radius 1 is 1.11 bits per heavy atom. The van der Waals surface area contributed by atoms with E-state index >= 15 is 0 Å². The average molecular weight is 427 g/mol. The number of rotatable bonds is 2. The molecule has 0 saturated heterocycles. The zero-order valence-corrected chi connectivity index (χ0v) is 17.0. The van der Waals surface area contributed by atoms with Gasteiger partial charge in [0.15, 0.2) is 5.72 Å². The Morgan fingerprint density at radius 2 is 1.89 bits per heavy atom. The van der Waals surface area contributed by atoms with Gasteiger partial charge in [0.2, 0.25) is 0 Å². The normalized spacial score (nSPS) is 22.7. The number of methoxy groups -OCH3 is 1. The molecule has 1 fully saturated rings. The van der Waals surface area contributed by atoms with Gasteiger partial charge in [0.25, 0.3) is 0 Å². The van der Waals surface area contributed by atoms with Crippen LogP contribution in [-0.4, -0.2) is 23.6 Å². The smallest absolute Gasteiger partial charge is 0.198 e. The van der Waals surface area contributed by atoms with Gasteiger partial charge in [0, 0.05) is 29.3 Å². The summed E-state index contributed by atoms with van der Waals surface area (Å²) >= 11 is 3.63. The van der Waals surface area contributed by atoms with Gasteiger partial charge in [-0.05, 0) is 60.9 Å². The molecule has 2 aromatic rings. The molecule has 1 spiro atoms. The zero-order valence-electron chi connectivity index (χ0n) is 15.5. The molecule has 0 N–H and O–H groups in total. The van der Waals surface area contributed by atoms with E-state index in [0.29, 0.717) is 0 Å². The lowest BCUT2D eigenvalue weighted by molar-refractivity contribution is -0.140. The van der Waals surface area contributed by atoms with Crippen molar-refractivity contribution in [1.29, 1.82) is 0 Å². The van der Waals surface area contributed by atoms with Crippen LogP contribution >= 0.6 is 15.9 Å². The van der Waals surface area contributed by atoms with Crippen molar-refractivity contribution in [1.82, 2.24) is 5.01 Å². The van der Waals surface area contributed by atoms with Crippen LogP contribution < -0.4 is 9.47 Å². The van der Waals surface area contributed by atoms with Crippen LogP contribution in [0, 0.1) is 0 Å². The molecule has 3 aliphatic rings.